The van der Waals surface area contributed by atoms with Gasteiger partial charge in [-0.15, -0.1) is 10.2 Å². The molecule has 27 heavy (non-hydrogen) atoms. The maximum atomic E-state index is 6.36. The Balaban J connectivity index is 1.28. The summed E-state index contributed by atoms with van der Waals surface area (Å²) < 4.78 is 10.6. The van der Waals surface area contributed by atoms with Crippen LogP contribution in [0.4, 0.5) is 5.82 Å². The molecule has 7 heteroatoms. The topological polar surface area (TPSA) is 64.0 Å². The summed E-state index contributed by atoms with van der Waals surface area (Å²) in [5.74, 6) is 2.64. The number of rotatable bonds is 2. The Morgan fingerprint density at radius 2 is 1.93 bits per heavy atom. The molecule has 1 aromatic carbocycles. The highest BCUT2D eigenvalue weighted by atomic mass is 32.1. The van der Waals surface area contributed by atoms with Crippen LogP contribution in [0.5, 0.6) is 5.75 Å². The van der Waals surface area contributed by atoms with E-state index < -0.39 is 0 Å². The molecule has 0 atom stereocenters. The number of aryl methyl sites for hydroxylation is 1. The second kappa shape index (κ2) is 6.42. The molecular formula is C20H19N5OS. The molecule has 1 fully saturated rings. The molecule has 2 aliphatic rings. The molecule has 0 aliphatic carbocycles. The molecule has 1 spiro atoms. The zero-order valence-corrected chi connectivity index (χ0v) is 15.8. The van der Waals surface area contributed by atoms with Crippen molar-refractivity contribution in [1.82, 2.24) is 19.6 Å². The van der Waals surface area contributed by atoms with Gasteiger partial charge in [0.05, 0.1) is 0 Å². The van der Waals surface area contributed by atoms with Crippen molar-refractivity contribution in [3.63, 3.8) is 0 Å². The lowest BCUT2D eigenvalue weighted by molar-refractivity contribution is 0.0891. The molecule has 1 saturated heterocycles. The second-order valence-electron chi connectivity index (χ2n) is 6.95. The molecule has 0 amide bonds. The SMILES string of the molecule is Cc1nsc(-c2ccc(N3CCC4(C=Cc5ccccc5O4)CC3)nn2)n1. The minimum absolute atomic E-state index is 0.206. The van der Waals surface area contributed by atoms with Crippen molar-refractivity contribution >= 4 is 23.4 Å². The van der Waals surface area contributed by atoms with Crippen LogP contribution in [0, 0.1) is 6.92 Å². The van der Waals surface area contributed by atoms with Crippen molar-refractivity contribution in [3.05, 3.63) is 53.9 Å². The zero-order valence-electron chi connectivity index (χ0n) is 15.0. The number of nitrogens with zero attached hydrogens (tertiary/aromatic N) is 5. The molecule has 5 rings (SSSR count). The Hall–Kier alpha value is -2.80. The Kier molecular flexibility index (Phi) is 3.89. The Bertz CT molecular complexity index is 990. The van der Waals surface area contributed by atoms with Crippen molar-refractivity contribution in [2.24, 2.45) is 0 Å². The van der Waals surface area contributed by atoms with E-state index in [0.29, 0.717) is 0 Å². The lowest BCUT2D eigenvalue weighted by atomic mass is 9.88. The first-order chi connectivity index (χ1) is 13.2. The van der Waals surface area contributed by atoms with Gasteiger partial charge in [0.25, 0.3) is 0 Å². The normalized spacial score (nSPS) is 17.6. The van der Waals surface area contributed by atoms with Gasteiger partial charge in [0.15, 0.2) is 10.8 Å². The fraction of sp³-hybridized carbons (Fsp3) is 0.300. The number of piperidine rings is 1. The summed E-state index contributed by atoms with van der Waals surface area (Å²) in [4.78, 5) is 6.63. The van der Waals surface area contributed by atoms with E-state index in [9.17, 15) is 0 Å². The number of para-hydroxylation sites is 1. The van der Waals surface area contributed by atoms with Crippen molar-refractivity contribution in [3.8, 4) is 16.5 Å². The van der Waals surface area contributed by atoms with Crippen LogP contribution in [0.25, 0.3) is 16.8 Å². The minimum atomic E-state index is -0.206. The quantitative estimate of drug-likeness (QED) is 0.678. The van der Waals surface area contributed by atoms with Gasteiger partial charge < -0.3 is 9.64 Å². The molecule has 0 bridgehead atoms. The molecule has 0 N–H and O–H groups in total. The van der Waals surface area contributed by atoms with Gasteiger partial charge in [0.1, 0.15) is 22.9 Å². The lowest BCUT2D eigenvalue weighted by Crippen LogP contribution is -2.48. The second-order valence-corrected chi connectivity index (χ2v) is 7.70. The van der Waals surface area contributed by atoms with Crippen LogP contribution in [0.15, 0.2) is 42.5 Å². The summed E-state index contributed by atoms with van der Waals surface area (Å²) in [5, 5.41) is 9.56. The lowest BCUT2D eigenvalue weighted by Gasteiger charge is -2.42. The Morgan fingerprint density at radius 1 is 1.07 bits per heavy atom. The van der Waals surface area contributed by atoms with Crippen LogP contribution in [0.1, 0.15) is 24.2 Å². The predicted octanol–water partition coefficient (Wildman–Crippen LogP) is 3.75. The van der Waals surface area contributed by atoms with Crippen LogP contribution in [0.3, 0.4) is 0 Å². The maximum Gasteiger partial charge on any atom is 0.164 e. The van der Waals surface area contributed by atoms with E-state index in [1.807, 2.05) is 37.3 Å². The number of benzene rings is 1. The van der Waals surface area contributed by atoms with Gasteiger partial charge in [-0.3, -0.25) is 0 Å². The van der Waals surface area contributed by atoms with Gasteiger partial charge >= 0.3 is 0 Å². The molecule has 0 radical (unpaired) electrons. The van der Waals surface area contributed by atoms with E-state index in [0.717, 1.165) is 59.6 Å². The third kappa shape index (κ3) is 3.08. The van der Waals surface area contributed by atoms with Crippen molar-refractivity contribution < 1.29 is 4.74 Å². The number of hydrogen-bond donors (Lipinski definition) is 0. The van der Waals surface area contributed by atoms with Crippen LogP contribution >= 0.6 is 11.5 Å². The van der Waals surface area contributed by atoms with Crippen LogP contribution in [0.2, 0.25) is 0 Å². The van der Waals surface area contributed by atoms with Crippen LogP contribution in [-0.4, -0.2) is 38.2 Å². The largest absolute Gasteiger partial charge is 0.482 e. The molecule has 2 aliphatic heterocycles. The number of anilines is 1. The molecule has 4 heterocycles. The van der Waals surface area contributed by atoms with Crippen molar-refractivity contribution in [1.29, 1.82) is 0 Å². The van der Waals surface area contributed by atoms with Crippen LogP contribution < -0.4 is 9.64 Å². The average Bonchev–Trinajstić information content (AvgIpc) is 3.15. The molecule has 6 nitrogen and oxygen atoms in total. The third-order valence-corrected chi connectivity index (χ3v) is 5.96. The molecule has 2 aromatic heterocycles. The van der Waals surface area contributed by atoms with Gasteiger partial charge in [-0.1, -0.05) is 24.3 Å². The third-order valence-electron chi connectivity index (χ3n) is 5.13. The van der Waals surface area contributed by atoms with E-state index in [-0.39, 0.29) is 5.60 Å². The summed E-state index contributed by atoms with van der Waals surface area (Å²) in [6, 6.07) is 12.2. The number of fused-ring (bicyclic) bond motifs is 1. The highest BCUT2D eigenvalue weighted by molar-refractivity contribution is 7.09. The average molecular weight is 377 g/mol. The van der Waals surface area contributed by atoms with Crippen molar-refractivity contribution in [2.45, 2.75) is 25.4 Å². The highest BCUT2D eigenvalue weighted by Crippen LogP contribution is 2.37. The van der Waals surface area contributed by atoms with Gasteiger partial charge in [0, 0.05) is 31.5 Å². The molecule has 3 aromatic rings. The Morgan fingerprint density at radius 3 is 2.67 bits per heavy atom. The van der Waals surface area contributed by atoms with Crippen LogP contribution in [-0.2, 0) is 0 Å². The van der Waals surface area contributed by atoms with E-state index >= 15 is 0 Å². The maximum absolute atomic E-state index is 6.36. The number of aromatic nitrogens is 4. The number of ether oxygens (including phenoxy) is 1. The van der Waals surface area contributed by atoms with Gasteiger partial charge in [-0.2, -0.15) is 4.37 Å². The van der Waals surface area contributed by atoms with E-state index in [1.54, 1.807) is 0 Å². The first-order valence-corrected chi connectivity index (χ1v) is 9.85. The standard InChI is InChI=1S/C20H19N5OS/c1-14-21-19(27-24-14)16-6-7-18(23-22-16)25-12-10-20(11-13-25)9-8-15-4-2-3-5-17(15)26-20/h2-9H,10-13H2,1H3. The molecule has 0 saturated carbocycles. The first kappa shape index (κ1) is 16.4. The predicted molar refractivity (Wildman–Crippen MR) is 106 cm³/mol. The summed E-state index contributed by atoms with van der Waals surface area (Å²) in [7, 11) is 0. The summed E-state index contributed by atoms with van der Waals surface area (Å²) in [6.07, 6.45) is 6.26. The summed E-state index contributed by atoms with van der Waals surface area (Å²) >= 11 is 1.35. The van der Waals surface area contributed by atoms with E-state index in [2.05, 4.69) is 42.7 Å². The van der Waals surface area contributed by atoms with E-state index in [1.165, 1.54) is 11.5 Å². The molecule has 136 valence electrons. The summed E-state index contributed by atoms with van der Waals surface area (Å²) in [5.41, 5.74) is 1.72. The summed E-state index contributed by atoms with van der Waals surface area (Å²) in [6.45, 7) is 3.66. The minimum Gasteiger partial charge on any atom is -0.482 e. The molecular weight excluding hydrogens is 358 g/mol. The highest BCUT2D eigenvalue weighted by Gasteiger charge is 2.37. The van der Waals surface area contributed by atoms with Gasteiger partial charge in [0.2, 0.25) is 0 Å². The van der Waals surface area contributed by atoms with Gasteiger partial charge in [-0.05, 0) is 42.7 Å². The smallest absolute Gasteiger partial charge is 0.164 e. The fourth-order valence-electron chi connectivity index (χ4n) is 3.60. The molecule has 0 unspecified atom stereocenters. The van der Waals surface area contributed by atoms with Crippen molar-refractivity contribution in [2.75, 3.05) is 18.0 Å². The number of hydrogen-bond acceptors (Lipinski definition) is 7. The van der Waals surface area contributed by atoms with E-state index in [4.69, 9.17) is 4.74 Å². The zero-order chi connectivity index (χ0) is 18.3. The monoisotopic (exact) mass is 377 g/mol. The van der Waals surface area contributed by atoms with Gasteiger partial charge in [-0.25, -0.2) is 4.98 Å². The first-order valence-electron chi connectivity index (χ1n) is 9.07. The Labute approximate surface area is 161 Å². The fourth-order valence-corrected chi connectivity index (χ4v) is 4.23.